The van der Waals surface area contributed by atoms with Crippen LogP contribution >= 0.6 is 0 Å². The summed E-state index contributed by atoms with van der Waals surface area (Å²) in [5, 5.41) is 4.52. The van der Waals surface area contributed by atoms with Crippen LogP contribution in [-0.2, 0) is 12.6 Å². The largest absolute Gasteiger partial charge is 0.474 e. The van der Waals surface area contributed by atoms with Gasteiger partial charge in [-0.1, -0.05) is 6.07 Å². The van der Waals surface area contributed by atoms with Crippen molar-refractivity contribution in [1.82, 2.24) is 24.6 Å². The quantitative estimate of drug-likeness (QED) is 0.401. The molecule has 1 saturated heterocycles. The lowest BCUT2D eigenvalue weighted by atomic mass is 9.95. The van der Waals surface area contributed by atoms with Crippen LogP contribution in [0.2, 0.25) is 0 Å². The summed E-state index contributed by atoms with van der Waals surface area (Å²) in [6, 6.07) is 17.6. The molecule has 4 heterocycles. The third kappa shape index (κ3) is 4.90. The molecule has 1 aliphatic carbocycles. The van der Waals surface area contributed by atoms with Gasteiger partial charge in [0.25, 0.3) is 5.91 Å². The fourth-order valence-electron chi connectivity index (χ4n) is 5.30. The first kappa shape index (κ1) is 25.2. The predicted octanol–water partition coefficient (Wildman–Crippen LogP) is 4.33. The van der Waals surface area contributed by atoms with E-state index in [1.54, 1.807) is 23.9 Å². The lowest BCUT2D eigenvalue weighted by Gasteiger charge is -2.22. The van der Waals surface area contributed by atoms with Crippen molar-refractivity contribution < 1.29 is 13.9 Å². The number of nitrogens with zero attached hydrogens (tertiary/aromatic N) is 5. The summed E-state index contributed by atoms with van der Waals surface area (Å²) in [4.78, 5) is 24.4. The number of aromatic nitrogens is 4. The van der Waals surface area contributed by atoms with Gasteiger partial charge in [-0.15, -0.1) is 0 Å². The fraction of sp³-hybridized carbons (Fsp3) is 0.333. The first-order valence-electron chi connectivity index (χ1n) is 13.1. The van der Waals surface area contributed by atoms with Gasteiger partial charge in [0.1, 0.15) is 23.3 Å². The second-order valence-corrected chi connectivity index (χ2v) is 11.1. The molecule has 39 heavy (non-hydrogen) atoms. The molecule has 2 aliphatic rings. The maximum absolute atomic E-state index is 13.5. The van der Waals surface area contributed by atoms with Gasteiger partial charge in [0.05, 0.1) is 11.4 Å². The van der Waals surface area contributed by atoms with Crippen molar-refractivity contribution in [3.8, 4) is 28.5 Å². The van der Waals surface area contributed by atoms with Crippen molar-refractivity contribution in [2.24, 2.45) is 24.6 Å². The van der Waals surface area contributed by atoms with Crippen LogP contribution in [0.25, 0.3) is 22.6 Å². The molecule has 200 valence electrons. The van der Waals surface area contributed by atoms with Gasteiger partial charge in [-0.25, -0.2) is 9.37 Å². The van der Waals surface area contributed by atoms with Crippen LogP contribution in [0.1, 0.15) is 35.6 Å². The highest BCUT2D eigenvalue weighted by Crippen LogP contribution is 2.48. The maximum atomic E-state index is 13.5. The number of carbonyl (C=O) groups is 1. The molecule has 1 amide bonds. The minimum absolute atomic E-state index is 0.0163. The molecule has 0 unspecified atom stereocenters. The lowest BCUT2D eigenvalue weighted by Crippen LogP contribution is -2.34. The number of amides is 1. The molecule has 2 N–H and O–H groups in total. The smallest absolute Gasteiger partial charge is 0.272 e. The summed E-state index contributed by atoms with van der Waals surface area (Å²) in [6.45, 7) is 7.01. The van der Waals surface area contributed by atoms with E-state index in [4.69, 9.17) is 15.5 Å². The molecule has 2 fully saturated rings. The number of halogens is 1. The summed E-state index contributed by atoms with van der Waals surface area (Å²) in [7, 11) is 1.78. The highest BCUT2D eigenvalue weighted by atomic mass is 19.1. The van der Waals surface area contributed by atoms with Crippen LogP contribution < -0.4 is 10.5 Å². The van der Waals surface area contributed by atoms with Crippen LogP contribution in [0.3, 0.4) is 0 Å². The summed E-state index contributed by atoms with van der Waals surface area (Å²) in [5.41, 5.74) is 11.0. The van der Waals surface area contributed by atoms with E-state index >= 15 is 0 Å². The van der Waals surface area contributed by atoms with Gasteiger partial charge in [0.2, 0.25) is 5.88 Å². The molecule has 1 aromatic carbocycles. The molecule has 3 aromatic heterocycles. The van der Waals surface area contributed by atoms with Crippen LogP contribution in [-0.4, -0.2) is 49.7 Å². The fourth-order valence-corrected chi connectivity index (χ4v) is 5.30. The standard InChI is InChI=1S/C30H31FN6O2/c1-17-6-5-7-23(33-17)25-14-26(36(4)35-25)29(38)37-15-21-22(16-37)28(21)39-27-13-19(30(2,3)32)12-24(34-27)18-8-10-20(31)11-9-18/h5-14,21-22,28H,15-16,32H2,1-4H3/t21-,22+,28-. The van der Waals surface area contributed by atoms with E-state index in [9.17, 15) is 9.18 Å². The van der Waals surface area contributed by atoms with Crippen LogP contribution in [0.5, 0.6) is 5.88 Å². The normalized spacial score (nSPS) is 20.2. The number of rotatable bonds is 6. The van der Waals surface area contributed by atoms with Gasteiger partial charge in [-0.2, -0.15) is 5.10 Å². The van der Waals surface area contributed by atoms with E-state index in [1.807, 2.05) is 62.1 Å². The Labute approximate surface area is 226 Å². The molecule has 9 heteroatoms. The van der Waals surface area contributed by atoms with Gasteiger partial charge in [-0.05, 0) is 74.9 Å². The minimum atomic E-state index is -0.603. The van der Waals surface area contributed by atoms with E-state index in [-0.39, 0.29) is 29.7 Å². The topological polar surface area (TPSA) is 99.2 Å². The zero-order valence-electron chi connectivity index (χ0n) is 22.4. The molecule has 3 atom stereocenters. The third-order valence-electron chi connectivity index (χ3n) is 7.60. The van der Waals surface area contributed by atoms with Crippen molar-refractivity contribution in [1.29, 1.82) is 0 Å². The molecular weight excluding hydrogens is 495 g/mol. The Morgan fingerprint density at radius 3 is 2.38 bits per heavy atom. The van der Waals surface area contributed by atoms with Crippen LogP contribution in [0, 0.1) is 24.6 Å². The Kier molecular flexibility index (Phi) is 5.99. The Hall–Kier alpha value is -4.11. The van der Waals surface area contributed by atoms with Gasteiger partial charge < -0.3 is 15.4 Å². The number of ether oxygens (including phenoxy) is 1. The highest BCUT2D eigenvalue weighted by Gasteiger charge is 2.59. The number of likely N-dealkylation sites (tertiary alicyclic amines) is 1. The first-order valence-corrected chi connectivity index (χ1v) is 13.1. The molecule has 1 saturated carbocycles. The zero-order valence-corrected chi connectivity index (χ0v) is 22.4. The number of hydrogen-bond acceptors (Lipinski definition) is 6. The Morgan fingerprint density at radius 2 is 1.72 bits per heavy atom. The number of hydrogen-bond donors (Lipinski definition) is 1. The second-order valence-electron chi connectivity index (χ2n) is 11.1. The number of aryl methyl sites for hydroxylation is 2. The number of piperidine rings is 1. The van der Waals surface area contributed by atoms with Crippen molar-refractivity contribution in [2.75, 3.05) is 13.1 Å². The van der Waals surface area contributed by atoms with Crippen molar-refractivity contribution in [2.45, 2.75) is 32.4 Å². The van der Waals surface area contributed by atoms with Gasteiger partial charge in [-0.3, -0.25) is 14.5 Å². The summed E-state index contributed by atoms with van der Waals surface area (Å²) < 4.78 is 21.4. The number of fused-ring (bicyclic) bond motifs is 1. The Morgan fingerprint density at radius 1 is 1.00 bits per heavy atom. The zero-order chi connectivity index (χ0) is 27.5. The van der Waals surface area contributed by atoms with Gasteiger partial charge >= 0.3 is 0 Å². The molecule has 6 rings (SSSR count). The maximum Gasteiger partial charge on any atom is 0.272 e. The number of pyridine rings is 2. The summed E-state index contributed by atoms with van der Waals surface area (Å²) in [6.07, 6.45) is -0.0163. The van der Waals surface area contributed by atoms with E-state index in [0.29, 0.717) is 36.1 Å². The molecule has 8 nitrogen and oxygen atoms in total. The SMILES string of the molecule is Cc1cccc(-c2cc(C(=O)N3C[C@@H]4[C@H](C3)[C@@H]4Oc3cc(C(C)(C)N)cc(-c4ccc(F)cc4)n3)n(C)n2)n1. The van der Waals surface area contributed by atoms with Crippen LogP contribution in [0.15, 0.2) is 60.7 Å². The molecule has 4 aromatic rings. The third-order valence-corrected chi connectivity index (χ3v) is 7.60. The van der Waals surface area contributed by atoms with E-state index in [0.717, 1.165) is 22.5 Å². The predicted molar refractivity (Wildman–Crippen MR) is 145 cm³/mol. The number of carbonyl (C=O) groups excluding carboxylic acids is 1. The van der Waals surface area contributed by atoms with E-state index in [2.05, 4.69) is 10.1 Å². The summed E-state index contributed by atoms with van der Waals surface area (Å²) in [5.74, 6) is 0.629. The number of nitrogens with two attached hydrogens (primary N) is 1. The number of benzene rings is 1. The Bertz CT molecular complexity index is 1550. The molecular formula is C30H31FN6O2. The average Bonchev–Trinajstić information content (AvgIpc) is 3.21. The lowest BCUT2D eigenvalue weighted by molar-refractivity contribution is 0.0740. The first-order chi connectivity index (χ1) is 18.6. The van der Waals surface area contributed by atoms with E-state index in [1.165, 1.54) is 12.1 Å². The van der Waals surface area contributed by atoms with E-state index < -0.39 is 5.54 Å². The second kappa shape index (κ2) is 9.27. The minimum Gasteiger partial charge on any atom is -0.474 e. The van der Waals surface area contributed by atoms with Gasteiger partial charge in [0, 0.05) is 54.8 Å². The highest BCUT2D eigenvalue weighted by molar-refractivity contribution is 5.94. The average molecular weight is 527 g/mol. The monoisotopic (exact) mass is 526 g/mol. The van der Waals surface area contributed by atoms with Gasteiger partial charge in [0.15, 0.2) is 0 Å². The molecule has 1 aliphatic heterocycles. The van der Waals surface area contributed by atoms with Crippen LogP contribution in [0.4, 0.5) is 4.39 Å². The molecule has 0 bridgehead atoms. The molecule has 0 spiro atoms. The van der Waals surface area contributed by atoms with Crippen molar-refractivity contribution in [3.63, 3.8) is 0 Å². The molecule has 0 radical (unpaired) electrons. The van der Waals surface area contributed by atoms with Crippen molar-refractivity contribution in [3.05, 3.63) is 83.4 Å². The summed E-state index contributed by atoms with van der Waals surface area (Å²) >= 11 is 0. The van der Waals surface area contributed by atoms with Crippen molar-refractivity contribution >= 4 is 5.91 Å². The Balaban J connectivity index is 1.16.